The summed E-state index contributed by atoms with van der Waals surface area (Å²) in [5, 5.41) is 17.4. The number of aliphatic carboxylic acids is 1. The van der Waals surface area contributed by atoms with Gasteiger partial charge in [0.15, 0.2) is 0 Å². The summed E-state index contributed by atoms with van der Waals surface area (Å²) in [5.74, 6) is -1.28. The molecule has 0 bridgehead atoms. The molecule has 1 aliphatic carbocycles. The molecule has 7 heteroatoms. The number of carbonyl (C=O) groups excluding carboxylic acids is 2. The van der Waals surface area contributed by atoms with Crippen LogP contribution in [0, 0.1) is 17.3 Å². The van der Waals surface area contributed by atoms with Gasteiger partial charge in [-0.3, -0.25) is 10.1 Å². The third kappa shape index (κ3) is 6.37. The molecule has 1 saturated carbocycles. The Morgan fingerprint density at radius 1 is 0.861 bits per heavy atom. The summed E-state index contributed by atoms with van der Waals surface area (Å²) in [6.45, 7) is 13.5. The number of hydrogen-bond acceptors (Lipinski definition) is 4. The van der Waals surface area contributed by atoms with Crippen LogP contribution in [-0.2, 0) is 9.53 Å². The predicted molar refractivity (Wildman–Crippen MR) is 142 cm³/mol. The molecule has 7 nitrogen and oxygen atoms in total. The van der Waals surface area contributed by atoms with Gasteiger partial charge in [0.1, 0.15) is 11.1 Å². The topological polar surface area (TPSA) is 105 Å². The van der Waals surface area contributed by atoms with E-state index in [4.69, 9.17) is 4.74 Å². The largest absolute Gasteiger partial charge is 0.480 e. The number of carbonyl (C=O) groups is 3. The Hall–Kier alpha value is -3.09. The van der Waals surface area contributed by atoms with E-state index in [1.807, 2.05) is 24.3 Å². The fourth-order valence-electron chi connectivity index (χ4n) is 5.12. The van der Waals surface area contributed by atoms with Gasteiger partial charge >= 0.3 is 12.1 Å². The van der Waals surface area contributed by atoms with Crippen LogP contribution in [0.5, 0.6) is 0 Å². The molecule has 0 aliphatic heterocycles. The number of carboxylic acids is 1. The van der Waals surface area contributed by atoms with Crippen molar-refractivity contribution in [1.29, 1.82) is 0 Å². The number of anilines is 1. The maximum atomic E-state index is 13.6. The smallest absolute Gasteiger partial charge is 0.412 e. The fourth-order valence-corrected chi connectivity index (χ4v) is 5.12. The normalized spacial score (nSPS) is 20.3. The number of fused-ring (bicyclic) bond motifs is 1. The highest BCUT2D eigenvalue weighted by Crippen LogP contribution is 2.43. The lowest BCUT2D eigenvalue weighted by molar-refractivity contribution is -0.147. The first-order valence-corrected chi connectivity index (χ1v) is 12.7. The zero-order valence-electron chi connectivity index (χ0n) is 22.5. The van der Waals surface area contributed by atoms with Crippen molar-refractivity contribution in [3.05, 3.63) is 42.0 Å². The van der Waals surface area contributed by atoms with Crippen LogP contribution >= 0.6 is 0 Å². The first-order valence-electron chi connectivity index (χ1n) is 12.7. The molecule has 1 fully saturated rings. The first kappa shape index (κ1) is 27.5. The maximum absolute atomic E-state index is 13.6. The van der Waals surface area contributed by atoms with Gasteiger partial charge in [-0.1, -0.05) is 45.0 Å². The van der Waals surface area contributed by atoms with Crippen molar-refractivity contribution in [3.63, 3.8) is 0 Å². The molecule has 3 rings (SSSR count). The molecule has 0 saturated heterocycles. The van der Waals surface area contributed by atoms with Gasteiger partial charge < -0.3 is 15.2 Å². The Morgan fingerprint density at radius 3 is 1.89 bits per heavy atom. The standard InChI is InChI=1S/C29H40N2O5/c1-27(2,3)20-12-14-21(15-13-20)29(7,25(33)34)31-24(32)22-16-18-10-8-9-11-19(18)17-23(22)30-26(35)36-28(4,5)6/h8-11,16-17,20-21H,12-15H2,1-7H3,(H,30,35)(H,31,32)(H,33,34)/t20-,21-,29-/m0/s1. The van der Waals surface area contributed by atoms with Gasteiger partial charge in [-0.05, 0) is 93.5 Å². The molecule has 0 radical (unpaired) electrons. The van der Waals surface area contributed by atoms with E-state index in [1.165, 1.54) is 0 Å². The lowest BCUT2D eigenvalue weighted by atomic mass is 9.66. The molecule has 196 valence electrons. The van der Waals surface area contributed by atoms with Crippen molar-refractivity contribution in [2.75, 3.05) is 5.32 Å². The Bertz CT molecular complexity index is 1140. The highest BCUT2D eigenvalue weighted by molar-refractivity contribution is 6.08. The SMILES string of the molecule is CC(C)(C)OC(=O)Nc1cc2ccccc2cc1C(=O)N[C@](C)(C(=O)O)[C@H]1CC[C@H](C(C)(C)C)CC1. The van der Waals surface area contributed by atoms with E-state index in [2.05, 4.69) is 31.4 Å². The van der Waals surface area contributed by atoms with Crippen molar-refractivity contribution in [3.8, 4) is 0 Å². The van der Waals surface area contributed by atoms with Gasteiger partial charge in [0.2, 0.25) is 0 Å². The molecule has 3 N–H and O–H groups in total. The van der Waals surface area contributed by atoms with E-state index in [9.17, 15) is 19.5 Å². The van der Waals surface area contributed by atoms with Crippen molar-refractivity contribution in [2.45, 2.75) is 85.3 Å². The quantitative estimate of drug-likeness (QED) is 0.432. The molecule has 0 unspecified atom stereocenters. The highest BCUT2D eigenvalue weighted by Gasteiger charge is 2.45. The van der Waals surface area contributed by atoms with Crippen LogP contribution in [0.2, 0.25) is 0 Å². The molecule has 0 aromatic heterocycles. The van der Waals surface area contributed by atoms with Crippen LogP contribution in [0.3, 0.4) is 0 Å². The summed E-state index contributed by atoms with van der Waals surface area (Å²) in [5.41, 5.74) is -1.52. The van der Waals surface area contributed by atoms with Gasteiger partial charge in [-0.25, -0.2) is 9.59 Å². The first-order chi connectivity index (χ1) is 16.6. The summed E-state index contributed by atoms with van der Waals surface area (Å²) < 4.78 is 5.38. The van der Waals surface area contributed by atoms with E-state index in [-0.39, 0.29) is 22.6 Å². The Morgan fingerprint density at radius 2 is 1.39 bits per heavy atom. The second kappa shape index (κ2) is 10.1. The van der Waals surface area contributed by atoms with Gasteiger partial charge in [0, 0.05) is 0 Å². The van der Waals surface area contributed by atoms with Crippen LogP contribution in [-0.4, -0.2) is 34.2 Å². The number of ether oxygens (including phenoxy) is 1. The minimum absolute atomic E-state index is 0.168. The Balaban J connectivity index is 1.91. The van der Waals surface area contributed by atoms with E-state index >= 15 is 0 Å². The van der Waals surface area contributed by atoms with Crippen LogP contribution in [0.15, 0.2) is 36.4 Å². The number of rotatable bonds is 5. The molecule has 1 atom stereocenters. The summed E-state index contributed by atoms with van der Waals surface area (Å²) >= 11 is 0. The number of benzene rings is 2. The molecule has 36 heavy (non-hydrogen) atoms. The van der Waals surface area contributed by atoms with Crippen LogP contribution in [0.1, 0.15) is 84.5 Å². The van der Waals surface area contributed by atoms with Crippen LogP contribution in [0.4, 0.5) is 10.5 Å². The summed E-state index contributed by atoms with van der Waals surface area (Å²) in [7, 11) is 0. The van der Waals surface area contributed by atoms with Gasteiger partial charge in [0.25, 0.3) is 5.91 Å². The molecule has 0 heterocycles. The fraction of sp³-hybridized carbons (Fsp3) is 0.552. The molecule has 2 aromatic rings. The minimum Gasteiger partial charge on any atom is -0.480 e. The van der Waals surface area contributed by atoms with Crippen molar-refractivity contribution in [2.24, 2.45) is 17.3 Å². The van der Waals surface area contributed by atoms with E-state index in [0.29, 0.717) is 5.92 Å². The third-order valence-corrected chi connectivity index (χ3v) is 7.35. The number of hydrogen-bond donors (Lipinski definition) is 3. The zero-order valence-corrected chi connectivity index (χ0v) is 22.5. The summed E-state index contributed by atoms with van der Waals surface area (Å²) in [4.78, 5) is 38.6. The highest BCUT2D eigenvalue weighted by atomic mass is 16.6. The predicted octanol–water partition coefficient (Wildman–Crippen LogP) is 6.61. The third-order valence-electron chi connectivity index (χ3n) is 7.35. The van der Waals surface area contributed by atoms with E-state index in [0.717, 1.165) is 36.5 Å². The Labute approximate surface area is 214 Å². The maximum Gasteiger partial charge on any atom is 0.412 e. The van der Waals surface area contributed by atoms with E-state index < -0.39 is 29.1 Å². The van der Waals surface area contributed by atoms with Gasteiger partial charge in [-0.15, -0.1) is 0 Å². The molecular weight excluding hydrogens is 456 g/mol. The lowest BCUT2D eigenvalue weighted by Gasteiger charge is -2.42. The van der Waals surface area contributed by atoms with Crippen LogP contribution < -0.4 is 10.6 Å². The van der Waals surface area contributed by atoms with Crippen molar-refractivity contribution < 1.29 is 24.2 Å². The molecule has 0 spiro atoms. The van der Waals surface area contributed by atoms with Gasteiger partial charge in [-0.2, -0.15) is 0 Å². The lowest BCUT2D eigenvalue weighted by Crippen LogP contribution is -2.58. The monoisotopic (exact) mass is 496 g/mol. The number of carboxylic acid groups (broad SMARTS) is 1. The molecule has 2 aromatic carbocycles. The number of amides is 2. The second-order valence-electron chi connectivity index (χ2n) is 12.2. The van der Waals surface area contributed by atoms with E-state index in [1.54, 1.807) is 39.8 Å². The molecule has 1 aliphatic rings. The second-order valence-corrected chi connectivity index (χ2v) is 12.2. The Kier molecular flexibility index (Phi) is 7.72. The average molecular weight is 497 g/mol. The summed E-state index contributed by atoms with van der Waals surface area (Å²) in [6.07, 6.45) is 2.62. The number of nitrogens with one attached hydrogen (secondary N) is 2. The summed E-state index contributed by atoms with van der Waals surface area (Å²) in [6, 6.07) is 10.9. The molecular formula is C29H40N2O5. The van der Waals surface area contributed by atoms with Crippen LogP contribution in [0.25, 0.3) is 10.8 Å². The van der Waals surface area contributed by atoms with Crippen molar-refractivity contribution in [1.82, 2.24) is 5.32 Å². The molecule has 2 amide bonds. The van der Waals surface area contributed by atoms with Crippen molar-refractivity contribution >= 4 is 34.4 Å². The van der Waals surface area contributed by atoms with Gasteiger partial charge in [0.05, 0.1) is 11.3 Å². The minimum atomic E-state index is -1.44. The zero-order chi connectivity index (χ0) is 26.9. The average Bonchev–Trinajstić information content (AvgIpc) is 2.76.